The Morgan fingerprint density at radius 3 is 2.60 bits per heavy atom. The highest BCUT2D eigenvalue weighted by atomic mass is 16.6. The number of rotatable bonds is 2. The monoisotopic (exact) mass is 267 g/mol. The number of benzene rings is 2. The summed E-state index contributed by atoms with van der Waals surface area (Å²) >= 11 is 0. The fourth-order valence-corrected chi connectivity index (χ4v) is 2.47. The number of aromatic nitrogens is 2. The van der Waals surface area contributed by atoms with E-state index in [-0.39, 0.29) is 10.6 Å². The zero-order chi connectivity index (χ0) is 14.3. The van der Waals surface area contributed by atoms with E-state index in [9.17, 15) is 10.1 Å². The number of hydrogen-bond donors (Lipinski definition) is 0. The minimum atomic E-state index is -0.355. The number of aryl methyl sites for hydroxylation is 2. The minimum absolute atomic E-state index is 0.0915. The predicted molar refractivity (Wildman–Crippen MR) is 77.5 cm³/mol. The van der Waals surface area contributed by atoms with Crippen LogP contribution < -0.4 is 0 Å². The van der Waals surface area contributed by atoms with Gasteiger partial charge < -0.3 is 0 Å². The van der Waals surface area contributed by atoms with Gasteiger partial charge in [0.05, 0.1) is 10.4 Å². The van der Waals surface area contributed by atoms with Crippen LogP contribution in [0.15, 0.2) is 42.5 Å². The van der Waals surface area contributed by atoms with Crippen LogP contribution in [0.3, 0.4) is 0 Å². The third-order valence-electron chi connectivity index (χ3n) is 3.45. The Morgan fingerprint density at radius 1 is 1.15 bits per heavy atom. The maximum absolute atomic E-state index is 11.3. The van der Waals surface area contributed by atoms with E-state index >= 15 is 0 Å². The van der Waals surface area contributed by atoms with Gasteiger partial charge in [0.15, 0.2) is 0 Å². The van der Waals surface area contributed by atoms with Crippen LogP contribution in [0.5, 0.6) is 0 Å². The van der Waals surface area contributed by atoms with Crippen LogP contribution in [-0.4, -0.2) is 14.7 Å². The van der Waals surface area contributed by atoms with Crippen LogP contribution in [0.4, 0.5) is 5.69 Å². The van der Waals surface area contributed by atoms with Crippen molar-refractivity contribution in [2.45, 2.75) is 6.92 Å². The van der Waals surface area contributed by atoms with Crippen molar-refractivity contribution in [3.05, 3.63) is 58.1 Å². The first kappa shape index (κ1) is 12.3. The number of hydrogen-bond acceptors (Lipinski definition) is 3. The van der Waals surface area contributed by atoms with Crippen molar-refractivity contribution in [3.8, 4) is 11.3 Å². The van der Waals surface area contributed by atoms with Crippen molar-refractivity contribution in [1.29, 1.82) is 0 Å². The molecule has 1 aromatic heterocycles. The Kier molecular flexibility index (Phi) is 2.75. The summed E-state index contributed by atoms with van der Waals surface area (Å²) in [5.74, 6) is 0. The van der Waals surface area contributed by atoms with Gasteiger partial charge in [-0.25, -0.2) is 0 Å². The number of nitro benzene ring substituents is 1. The number of fused-ring (bicyclic) bond motifs is 1. The Labute approximate surface area is 115 Å². The molecule has 0 spiro atoms. The molecule has 0 bridgehead atoms. The van der Waals surface area contributed by atoms with Gasteiger partial charge in [0.2, 0.25) is 0 Å². The van der Waals surface area contributed by atoms with Crippen LogP contribution in [0.25, 0.3) is 22.2 Å². The summed E-state index contributed by atoms with van der Waals surface area (Å²) in [5, 5.41) is 16.3. The van der Waals surface area contributed by atoms with Gasteiger partial charge in [-0.2, -0.15) is 5.10 Å². The van der Waals surface area contributed by atoms with Gasteiger partial charge in [0.25, 0.3) is 5.69 Å². The summed E-state index contributed by atoms with van der Waals surface area (Å²) in [6, 6.07) is 12.8. The summed E-state index contributed by atoms with van der Waals surface area (Å²) in [4.78, 5) is 10.9. The molecule has 3 rings (SSSR count). The Balaban J connectivity index is 2.43. The smallest absolute Gasteiger partial charge is 0.267 e. The van der Waals surface area contributed by atoms with Crippen LogP contribution >= 0.6 is 0 Å². The van der Waals surface area contributed by atoms with Gasteiger partial charge in [-0.3, -0.25) is 14.8 Å². The quantitative estimate of drug-likeness (QED) is 0.527. The largest absolute Gasteiger partial charge is 0.281 e. The molecule has 5 nitrogen and oxygen atoms in total. The van der Waals surface area contributed by atoms with Crippen LogP contribution in [0.1, 0.15) is 5.56 Å². The van der Waals surface area contributed by atoms with Crippen molar-refractivity contribution in [1.82, 2.24) is 9.78 Å². The van der Waals surface area contributed by atoms with E-state index in [1.807, 2.05) is 37.3 Å². The van der Waals surface area contributed by atoms with E-state index in [1.54, 1.807) is 17.8 Å². The number of non-ortho nitro benzene ring substituents is 1. The maximum atomic E-state index is 11.3. The lowest BCUT2D eigenvalue weighted by atomic mass is 10.0. The lowest BCUT2D eigenvalue weighted by molar-refractivity contribution is -0.383. The number of nitro groups is 1. The molecule has 0 aliphatic rings. The summed E-state index contributed by atoms with van der Waals surface area (Å²) in [7, 11) is 1.80. The van der Waals surface area contributed by atoms with E-state index in [1.165, 1.54) is 6.07 Å². The molecule has 2 aromatic carbocycles. The maximum Gasteiger partial charge on any atom is 0.281 e. The van der Waals surface area contributed by atoms with E-state index in [0.29, 0.717) is 11.1 Å². The first-order chi connectivity index (χ1) is 9.59. The van der Waals surface area contributed by atoms with Gasteiger partial charge in [-0.1, -0.05) is 30.3 Å². The lowest BCUT2D eigenvalue weighted by Gasteiger charge is -2.02. The Hall–Kier alpha value is -2.69. The van der Waals surface area contributed by atoms with Crippen molar-refractivity contribution < 1.29 is 4.92 Å². The molecule has 0 radical (unpaired) electrons. The normalized spacial score (nSPS) is 10.9. The van der Waals surface area contributed by atoms with Gasteiger partial charge >= 0.3 is 0 Å². The molecule has 5 heteroatoms. The van der Waals surface area contributed by atoms with Crippen LogP contribution in [0.2, 0.25) is 0 Å². The highest BCUT2D eigenvalue weighted by molar-refractivity contribution is 6.00. The minimum Gasteiger partial charge on any atom is -0.267 e. The molecule has 0 aliphatic heterocycles. The molecule has 20 heavy (non-hydrogen) atoms. The molecule has 0 unspecified atom stereocenters. The van der Waals surface area contributed by atoms with Crippen molar-refractivity contribution >= 4 is 16.6 Å². The second-order valence-corrected chi connectivity index (χ2v) is 4.72. The van der Waals surface area contributed by atoms with Gasteiger partial charge in [0.1, 0.15) is 11.1 Å². The van der Waals surface area contributed by atoms with Gasteiger partial charge in [-0.15, -0.1) is 0 Å². The number of nitrogens with zero attached hydrogens (tertiary/aromatic N) is 3. The fraction of sp³-hybridized carbons (Fsp3) is 0.133. The summed E-state index contributed by atoms with van der Waals surface area (Å²) < 4.78 is 1.68. The Bertz CT molecular complexity index is 821. The molecular weight excluding hydrogens is 254 g/mol. The second-order valence-electron chi connectivity index (χ2n) is 4.72. The molecule has 1 heterocycles. The molecule has 100 valence electrons. The molecule has 0 atom stereocenters. The van der Waals surface area contributed by atoms with Gasteiger partial charge in [-0.05, 0) is 18.6 Å². The summed E-state index contributed by atoms with van der Waals surface area (Å²) in [6.07, 6.45) is 0. The Morgan fingerprint density at radius 2 is 1.90 bits per heavy atom. The van der Waals surface area contributed by atoms with Crippen molar-refractivity contribution in [2.24, 2.45) is 7.05 Å². The third kappa shape index (κ3) is 1.75. The van der Waals surface area contributed by atoms with E-state index < -0.39 is 0 Å². The van der Waals surface area contributed by atoms with Crippen LogP contribution in [0, 0.1) is 17.0 Å². The van der Waals surface area contributed by atoms with E-state index in [2.05, 4.69) is 5.10 Å². The standard InChI is InChI=1S/C15H13N3O2/c1-10-6-3-4-7-11(10)15-14-12(17(2)16-15)8-5-9-13(14)18(19)20/h3-9H,1-2H3. The molecule has 0 aliphatic carbocycles. The molecule has 0 saturated heterocycles. The van der Waals surface area contributed by atoms with Crippen LogP contribution in [-0.2, 0) is 7.05 Å². The lowest BCUT2D eigenvalue weighted by Crippen LogP contribution is -1.90. The molecule has 0 fully saturated rings. The zero-order valence-corrected chi connectivity index (χ0v) is 11.2. The highest BCUT2D eigenvalue weighted by Crippen LogP contribution is 2.35. The third-order valence-corrected chi connectivity index (χ3v) is 3.45. The average molecular weight is 267 g/mol. The van der Waals surface area contributed by atoms with E-state index in [4.69, 9.17) is 0 Å². The molecule has 0 N–H and O–H groups in total. The summed E-state index contributed by atoms with van der Waals surface area (Å²) in [5.41, 5.74) is 3.48. The van der Waals surface area contributed by atoms with Gasteiger partial charge in [0, 0.05) is 18.7 Å². The first-order valence-electron chi connectivity index (χ1n) is 6.25. The highest BCUT2D eigenvalue weighted by Gasteiger charge is 2.21. The molecule has 0 saturated carbocycles. The second kappa shape index (κ2) is 4.45. The fourth-order valence-electron chi connectivity index (χ4n) is 2.47. The molecule has 3 aromatic rings. The van der Waals surface area contributed by atoms with Crippen molar-refractivity contribution in [2.75, 3.05) is 0 Å². The average Bonchev–Trinajstić information content (AvgIpc) is 2.77. The zero-order valence-electron chi connectivity index (χ0n) is 11.2. The van der Waals surface area contributed by atoms with Crippen molar-refractivity contribution in [3.63, 3.8) is 0 Å². The SMILES string of the molecule is Cc1ccccc1-c1nn(C)c2cccc([N+](=O)[O-])c12. The van der Waals surface area contributed by atoms with E-state index in [0.717, 1.165) is 16.6 Å². The predicted octanol–water partition coefficient (Wildman–Crippen LogP) is 3.46. The molecule has 0 amide bonds. The topological polar surface area (TPSA) is 61.0 Å². The summed E-state index contributed by atoms with van der Waals surface area (Å²) in [6.45, 7) is 1.98. The molecular formula is C15H13N3O2. The first-order valence-corrected chi connectivity index (χ1v) is 6.25.